The van der Waals surface area contributed by atoms with E-state index in [1.807, 2.05) is 0 Å². The molecule has 0 bridgehead atoms. The summed E-state index contributed by atoms with van der Waals surface area (Å²) in [6.07, 6.45) is 1.57. The molecule has 20 heavy (non-hydrogen) atoms. The van der Waals surface area contributed by atoms with Crippen molar-refractivity contribution >= 4 is 64.6 Å². The SMILES string of the molecule is Cl.NCCN1C(=O)SC(=Cc2cccc(Cl)c2Cl)C1=O. The third kappa shape index (κ3) is 3.48. The van der Waals surface area contributed by atoms with Crippen molar-refractivity contribution in [1.29, 1.82) is 0 Å². The summed E-state index contributed by atoms with van der Waals surface area (Å²) in [5.74, 6) is -0.350. The molecule has 0 saturated carbocycles. The lowest BCUT2D eigenvalue weighted by Gasteiger charge is -2.09. The maximum atomic E-state index is 12.0. The van der Waals surface area contributed by atoms with E-state index in [-0.39, 0.29) is 36.6 Å². The Bertz CT molecular complexity index is 578. The van der Waals surface area contributed by atoms with E-state index in [9.17, 15) is 9.59 Å². The maximum Gasteiger partial charge on any atom is 0.293 e. The number of imide groups is 1. The van der Waals surface area contributed by atoms with Gasteiger partial charge in [0.2, 0.25) is 0 Å². The van der Waals surface area contributed by atoms with Crippen LogP contribution >= 0.6 is 47.4 Å². The summed E-state index contributed by atoms with van der Waals surface area (Å²) in [4.78, 5) is 25.1. The molecule has 0 aliphatic carbocycles. The Hall–Kier alpha value is -0.720. The van der Waals surface area contributed by atoms with E-state index in [1.54, 1.807) is 24.3 Å². The summed E-state index contributed by atoms with van der Waals surface area (Å²) in [5, 5.41) is 0.436. The summed E-state index contributed by atoms with van der Waals surface area (Å²) in [7, 11) is 0. The molecule has 1 fully saturated rings. The topological polar surface area (TPSA) is 63.4 Å². The summed E-state index contributed by atoms with van der Waals surface area (Å²) in [6.45, 7) is 0.453. The Labute approximate surface area is 136 Å². The number of benzene rings is 1. The number of rotatable bonds is 3. The molecular weight excluding hydrogens is 343 g/mol. The second-order valence-corrected chi connectivity index (χ2v) is 5.54. The molecule has 108 valence electrons. The maximum absolute atomic E-state index is 12.0. The molecule has 2 N–H and O–H groups in total. The number of hydrogen-bond acceptors (Lipinski definition) is 4. The van der Waals surface area contributed by atoms with Gasteiger partial charge in [-0.05, 0) is 29.5 Å². The Morgan fingerprint density at radius 2 is 2.00 bits per heavy atom. The smallest absolute Gasteiger partial charge is 0.293 e. The van der Waals surface area contributed by atoms with Crippen molar-refractivity contribution in [2.75, 3.05) is 13.1 Å². The van der Waals surface area contributed by atoms with Gasteiger partial charge in [-0.1, -0.05) is 35.3 Å². The van der Waals surface area contributed by atoms with Gasteiger partial charge in [0.05, 0.1) is 15.0 Å². The quantitative estimate of drug-likeness (QED) is 0.846. The Balaban J connectivity index is 0.00000200. The van der Waals surface area contributed by atoms with E-state index in [0.717, 1.165) is 16.7 Å². The van der Waals surface area contributed by atoms with Crippen LogP contribution in [0, 0.1) is 0 Å². The zero-order valence-corrected chi connectivity index (χ0v) is 13.3. The molecule has 0 radical (unpaired) electrons. The number of carbonyl (C=O) groups excluding carboxylic acids is 2. The minimum atomic E-state index is -0.350. The highest BCUT2D eigenvalue weighted by Crippen LogP contribution is 2.34. The van der Waals surface area contributed by atoms with Crippen LogP contribution in [0.25, 0.3) is 6.08 Å². The average molecular weight is 354 g/mol. The molecule has 2 amide bonds. The molecule has 1 aromatic rings. The van der Waals surface area contributed by atoms with Gasteiger partial charge in [0.25, 0.3) is 11.1 Å². The first-order chi connectivity index (χ1) is 9.04. The fourth-order valence-electron chi connectivity index (χ4n) is 1.60. The molecule has 1 saturated heterocycles. The van der Waals surface area contributed by atoms with Crippen molar-refractivity contribution in [2.45, 2.75) is 0 Å². The first-order valence-electron chi connectivity index (χ1n) is 5.44. The average Bonchev–Trinajstić information content (AvgIpc) is 2.63. The molecule has 1 aliphatic rings. The van der Waals surface area contributed by atoms with E-state index in [0.29, 0.717) is 20.5 Å². The van der Waals surface area contributed by atoms with E-state index in [1.165, 1.54) is 0 Å². The van der Waals surface area contributed by atoms with Crippen LogP contribution < -0.4 is 5.73 Å². The second-order valence-electron chi connectivity index (χ2n) is 3.77. The first-order valence-corrected chi connectivity index (χ1v) is 7.01. The molecule has 1 aliphatic heterocycles. The molecular formula is C12H11Cl3N2O2S. The third-order valence-electron chi connectivity index (χ3n) is 2.49. The van der Waals surface area contributed by atoms with Crippen molar-refractivity contribution in [1.82, 2.24) is 4.90 Å². The predicted octanol–water partition coefficient (Wildman–Crippen LogP) is 3.41. The van der Waals surface area contributed by atoms with Crippen LogP contribution in [0.5, 0.6) is 0 Å². The third-order valence-corrected chi connectivity index (χ3v) is 4.24. The van der Waals surface area contributed by atoms with Gasteiger partial charge < -0.3 is 5.73 Å². The van der Waals surface area contributed by atoms with Gasteiger partial charge in [-0.3, -0.25) is 14.5 Å². The van der Waals surface area contributed by atoms with Crippen molar-refractivity contribution in [3.05, 3.63) is 38.7 Å². The summed E-state index contributed by atoms with van der Waals surface area (Å²) in [5.41, 5.74) is 5.97. The summed E-state index contributed by atoms with van der Waals surface area (Å²) in [6, 6.07) is 5.11. The minimum Gasteiger partial charge on any atom is -0.329 e. The van der Waals surface area contributed by atoms with Crippen molar-refractivity contribution in [3.63, 3.8) is 0 Å². The molecule has 4 nitrogen and oxygen atoms in total. The van der Waals surface area contributed by atoms with Crippen LogP contribution in [0.4, 0.5) is 4.79 Å². The normalized spacial score (nSPS) is 16.8. The van der Waals surface area contributed by atoms with Gasteiger partial charge in [0.15, 0.2) is 0 Å². The number of hydrogen-bond donors (Lipinski definition) is 1. The van der Waals surface area contributed by atoms with E-state index in [2.05, 4.69) is 0 Å². The first kappa shape index (κ1) is 17.3. The zero-order chi connectivity index (χ0) is 14.0. The number of amides is 2. The Morgan fingerprint density at radius 3 is 2.65 bits per heavy atom. The monoisotopic (exact) mass is 352 g/mol. The molecule has 0 atom stereocenters. The lowest BCUT2D eigenvalue weighted by Crippen LogP contribution is -2.33. The number of carbonyl (C=O) groups is 2. The van der Waals surface area contributed by atoms with E-state index >= 15 is 0 Å². The molecule has 2 rings (SSSR count). The Morgan fingerprint density at radius 1 is 1.30 bits per heavy atom. The molecule has 0 unspecified atom stereocenters. The predicted molar refractivity (Wildman–Crippen MR) is 85.4 cm³/mol. The van der Waals surface area contributed by atoms with Gasteiger partial charge in [-0.25, -0.2) is 0 Å². The highest BCUT2D eigenvalue weighted by Gasteiger charge is 2.34. The number of nitrogens with two attached hydrogens (primary N) is 1. The summed E-state index contributed by atoms with van der Waals surface area (Å²) >= 11 is 12.8. The van der Waals surface area contributed by atoms with Gasteiger partial charge in [-0.15, -0.1) is 12.4 Å². The van der Waals surface area contributed by atoms with Gasteiger partial charge in [0, 0.05) is 13.1 Å². The van der Waals surface area contributed by atoms with Gasteiger partial charge in [0.1, 0.15) is 0 Å². The number of halogens is 3. The number of nitrogens with zero attached hydrogens (tertiary/aromatic N) is 1. The fourth-order valence-corrected chi connectivity index (χ4v) is 2.81. The highest BCUT2D eigenvalue weighted by atomic mass is 35.5. The van der Waals surface area contributed by atoms with Crippen LogP contribution in [0.3, 0.4) is 0 Å². The van der Waals surface area contributed by atoms with E-state index in [4.69, 9.17) is 28.9 Å². The zero-order valence-electron chi connectivity index (χ0n) is 10.1. The lowest BCUT2D eigenvalue weighted by atomic mass is 10.2. The molecule has 0 spiro atoms. The van der Waals surface area contributed by atoms with Crippen molar-refractivity contribution in [3.8, 4) is 0 Å². The van der Waals surface area contributed by atoms with Crippen LogP contribution in [-0.2, 0) is 4.79 Å². The Kier molecular flexibility index (Phi) is 6.36. The van der Waals surface area contributed by atoms with E-state index < -0.39 is 0 Å². The highest BCUT2D eigenvalue weighted by molar-refractivity contribution is 8.18. The fraction of sp³-hybridized carbons (Fsp3) is 0.167. The summed E-state index contributed by atoms with van der Waals surface area (Å²) < 4.78 is 0. The molecule has 1 heterocycles. The second kappa shape index (κ2) is 7.33. The van der Waals surface area contributed by atoms with Crippen LogP contribution in [0.1, 0.15) is 5.56 Å². The largest absolute Gasteiger partial charge is 0.329 e. The number of thioether (sulfide) groups is 1. The van der Waals surface area contributed by atoms with Gasteiger partial charge >= 0.3 is 0 Å². The standard InChI is InChI=1S/C12H10Cl2N2O2S.ClH/c13-8-3-1-2-7(10(8)14)6-9-11(17)16(5-4-15)12(18)19-9;/h1-3,6H,4-5,15H2;1H. The van der Waals surface area contributed by atoms with Gasteiger partial charge in [-0.2, -0.15) is 0 Å². The lowest BCUT2D eigenvalue weighted by molar-refractivity contribution is -0.122. The van der Waals surface area contributed by atoms with Crippen molar-refractivity contribution < 1.29 is 9.59 Å². The van der Waals surface area contributed by atoms with Crippen LogP contribution in [0.15, 0.2) is 23.1 Å². The van der Waals surface area contributed by atoms with Crippen molar-refractivity contribution in [2.24, 2.45) is 5.73 Å². The molecule has 8 heteroatoms. The molecule has 0 aromatic heterocycles. The van der Waals surface area contributed by atoms with Crippen LogP contribution in [0.2, 0.25) is 10.0 Å². The molecule has 1 aromatic carbocycles. The van der Waals surface area contributed by atoms with Crippen LogP contribution in [-0.4, -0.2) is 29.1 Å². The minimum absolute atomic E-state index is 0.